The third-order valence-electron chi connectivity index (χ3n) is 5.02. The first-order chi connectivity index (χ1) is 11.1. The molecule has 2 heterocycles. The number of hydrogen-bond donors (Lipinski definition) is 1. The van der Waals surface area contributed by atoms with E-state index in [-0.39, 0.29) is 11.2 Å². The molecule has 23 heavy (non-hydrogen) atoms. The third-order valence-corrected chi connectivity index (χ3v) is 5.02. The van der Waals surface area contributed by atoms with Crippen molar-refractivity contribution in [2.45, 2.75) is 51.7 Å². The summed E-state index contributed by atoms with van der Waals surface area (Å²) in [5, 5.41) is 0. The molecule has 1 aromatic heterocycles. The topological polar surface area (TPSA) is 67.3 Å². The minimum absolute atomic E-state index is 0.216. The summed E-state index contributed by atoms with van der Waals surface area (Å²) in [6.45, 7) is 5.72. The first-order valence-electron chi connectivity index (χ1n) is 8.76. The second-order valence-electron chi connectivity index (χ2n) is 6.94. The van der Waals surface area contributed by atoms with Crippen LogP contribution in [-0.4, -0.2) is 46.8 Å². The van der Waals surface area contributed by atoms with Gasteiger partial charge in [-0.25, -0.2) is 4.79 Å². The van der Waals surface area contributed by atoms with Crippen molar-refractivity contribution in [3.8, 4) is 0 Å². The lowest BCUT2D eigenvalue weighted by molar-refractivity contribution is 0.0595. The van der Waals surface area contributed by atoms with Crippen molar-refractivity contribution in [1.29, 1.82) is 0 Å². The molecule has 1 aliphatic heterocycles. The van der Waals surface area contributed by atoms with Crippen molar-refractivity contribution < 1.29 is 4.74 Å². The minimum atomic E-state index is -0.310. The molecular weight excluding hydrogens is 294 g/mol. The zero-order chi connectivity index (χ0) is 16.2. The second kappa shape index (κ2) is 7.45. The molecule has 3 rings (SSSR count). The molecule has 0 spiro atoms. The van der Waals surface area contributed by atoms with Gasteiger partial charge in [-0.1, -0.05) is 6.42 Å². The number of aromatic amines is 1. The van der Waals surface area contributed by atoms with Crippen LogP contribution in [0.3, 0.4) is 0 Å². The minimum Gasteiger partial charge on any atom is -0.377 e. The van der Waals surface area contributed by atoms with E-state index in [1.165, 1.54) is 29.9 Å². The molecule has 0 amide bonds. The van der Waals surface area contributed by atoms with Crippen molar-refractivity contribution >= 4 is 0 Å². The van der Waals surface area contributed by atoms with Gasteiger partial charge in [0.1, 0.15) is 0 Å². The molecule has 1 aliphatic carbocycles. The Morgan fingerprint density at radius 3 is 2.70 bits per heavy atom. The monoisotopic (exact) mass is 321 g/mol. The van der Waals surface area contributed by atoms with Gasteiger partial charge in [0.15, 0.2) is 0 Å². The molecule has 0 aromatic carbocycles. The number of nitrogens with zero attached hydrogens (tertiary/aromatic N) is 2. The molecule has 6 nitrogen and oxygen atoms in total. The zero-order valence-corrected chi connectivity index (χ0v) is 13.9. The maximum atomic E-state index is 12.0. The van der Waals surface area contributed by atoms with E-state index in [9.17, 15) is 9.59 Å². The molecular formula is C17H27N3O3. The van der Waals surface area contributed by atoms with E-state index >= 15 is 0 Å². The summed E-state index contributed by atoms with van der Waals surface area (Å²) < 4.78 is 7.06. The predicted molar refractivity (Wildman–Crippen MR) is 88.8 cm³/mol. The Hall–Kier alpha value is -1.40. The van der Waals surface area contributed by atoms with Gasteiger partial charge in [-0.2, -0.15) is 0 Å². The van der Waals surface area contributed by atoms with Crippen molar-refractivity contribution in [2.24, 2.45) is 5.92 Å². The van der Waals surface area contributed by atoms with Gasteiger partial charge in [0, 0.05) is 44.5 Å². The van der Waals surface area contributed by atoms with Crippen LogP contribution in [-0.2, 0) is 11.3 Å². The van der Waals surface area contributed by atoms with Crippen molar-refractivity contribution in [2.75, 3.05) is 26.2 Å². The highest BCUT2D eigenvalue weighted by molar-refractivity contribution is 4.96. The predicted octanol–water partition coefficient (Wildman–Crippen LogP) is 1.13. The van der Waals surface area contributed by atoms with Gasteiger partial charge in [-0.05, 0) is 38.5 Å². The van der Waals surface area contributed by atoms with Gasteiger partial charge in [-0.15, -0.1) is 0 Å². The van der Waals surface area contributed by atoms with E-state index in [4.69, 9.17) is 4.74 Å². The molecule has 6 heteroatoms. The van der Waals surface area contributed by atoms with Gasteiger partial charge in [0.2, 0.25) is 0 Å². The third kappa shape index (κ3) is 4.32. The van der Waals surface area contributed by atoms with Crippen molar-refractivity contribution in [3.05, 3.63) is 32.6 Å². The van der Waals surface area contributed by atoms with Gasteiger partial charge < -0.3 is 9.72 Å². The number of aryl methyl sites for hydroxylation is 1. The second-order valence-corrected chi connectivity index (χ2v) is 6.94. The van der Waals surface area contributed by atoms with Gasteiger partial charge in [0.25, 0.3) is 5.56 Å². The Bertz CT molecular complexity index is 595. The molecule has 2 fully saturated rings. The van der Waals surface area contributed by atoms with E-state index in [2.05, 4.69) is 9.88 Å². The van der Waals surface area contributed by atoms with Crippen LogP contribution in [0.15, 0.2) is 15.7 Å². The van der Waals surface area contributed by atoms with Crippen molar-refractivity contribution in [3.63, 3.8) is 0 Å². The van der Waals surface area contributed by atoms with E-state index in [1.807, 2.05) is 0 Å². The molecule has 0 bridgehead atoms. The molecule has 1 saturated heterocycles. The first-order valence-corrected chi connectivity index (χ1v) is 8.76. The molecule has 1 aromatic rings. The maximum absolute atomic E-state index is 12.0. The van der Waals surface area contributed by atoms with Gasteiger partial charge in [0.05, 0.1) is 6.10 Å². The highest BCUT2D eigenvalue weighted by Crippen LogP contribution is 2.27. The highest BCUT2D eigenvalue weighted by atomic mass is 16.5. The number of H-pyrrole nitrogens is 1. The van der Waals surface area contributed by atoms with Crippen LogP contribution in [0, 0.1) is 12.8 Å². The Labute approximate surface area is 136 Å². The van der Waals surface area contributed by atoms with Crippen LogP contribution in [0.5, 0.6) is 0 Å². The smallest absolute Gasteiger partial charge is 0.328 e. The largest absolute Gasteiger partial charge is 0.377 e. The summed E-state index contributed by atoms with van der Waals surface area (Å²) in [5.41, 5.74) is 0.0876. The van der Waals surface area contributed by atoms with E-state index in [1.54, 1.807) is 6.92 Å². The summed E-state index contributed by atoms with van der Waals surface area (Å²) >= 11 is 0. The Morgan fingerprint density at radius 1 is 1.26 bits per heavy atom. The van der Waals surface area contributed by atoms with Gasteiger partial charge >= 0.3 is 5.69 Å². The molecule has 1 saturated carbocycles. The molecule has 2 aliphatic rings. The summed E-state index contributed by atoms with van der Waals surface area (Å²) in [6, 6.07) is 1.48. The molecule has 0 radical (unpaired) electrons. The van der Waals surface area contributed by atoms with Gasteiger partial charge in [-0.3, -0.25) is 14.3 Å². The fraction of sp³-hybridized carbons (Fsp3) is 0.765. The quantitative estimate of drug-likeness (QED) is 0.817. The SMILES string of the molecule is Cc1cc(=O)n(CCN(CC2CCC2)C[C@@H]2CCCO2)c(=O)[nH]1. The van der Waals surface area contributed by atoms with Crippen LogP contribution in [0.2, 0.25) is 0 Å². The van der Waals surface area contributed by atoms with E-state index < -0.39 is 0 Å². The van der Waals surface area contributed by atoms with Crippen LogP contribution >= 0.6 is 0 Å². The molecule has 128 valence electrons. The number of aromatic nitrogens is 2. The Kier molecular flexibility index (Phi) is 5.33. The van der Waals surface area contributed by atoms with Crippen LogP contribution in [0.25, 0.3) is 0 Å². The normalized spacial score (nSPS) is 21.7. The van der Waals surface area contributed by atoms with Crippen LogP contribution < -0.4 is 11.2 Å². The highest BCUT2D eigenvalue weighted by Gasteiger charge is 2.24. The molecule has 1 N–H and O–H groups in total. The fourth-order valence-electron chi connectivity index (χ4n) is 3.46. The zero-order valence-electron chi connectivity index (χ0n) is 13.9. The lowest BCUT2D eigenvalue weighted by Crippen LogP contribution is -2.43. The summed E-state index contributed by atoms with van der Waals surface area (Å²) in [6.07, 6.45) is 6.49. The lowest BCUT2D eigenvalue weighted by Gasteiger charge is -2.33. The summed E-state index contributed by atoms with van der Waals surface area (Å²) in [7, 11) is 0. The Balaban J connectivity index is 1.62. The maximum Gasteiger partial charge on any atom is 0.328 e. The molecule has 1 atom stereocenters. The van der Waals surface area contributed by atoms with Crippen LogP contribution in [0.4, 0.5) is 0 Å². The number of ether oxygens (including phenoxy) is 1. The number of hydrogen-bond acceptors (Lipinski definition) is 4. The Morgan fingerprint density at radius 2 is 2.09 bits per heavy atom. The average Bonchev–Trinajstić information content (AvgIpc) is 2.94. The average molecular weight is 321 g/mol. The van der Waals surface area contributed by atoms with Crippen molar-refractivity contribution in [1.82, 2.24) is 14.5 Å². The number of nitrogens with one attached hydrogen (secondary N) is 1. The van der Waals surface area contributed by atoms with E-state index in [0.717, 1.165) is 45.0 Å². The molecule has 0 unspecified atom stereocenters. The summed E-state index contributed by atoms with van der Waals surface area (Å²) in [5.74, 6) is 0.768. The summed E-state index contributed by atoms with van der Waals surface area (Å²) in [4.78, 5) is 29.1. The van der Waals surface area contributed by atoms with Crippen LogP contribution in [0.1, 0.15) is 37.8 Å². The lowest BCUT2D eigenvalue weighted by atomic mass is 9.85. The first kappa shape index (κ1) is 16.5. The van der Waals surface area contributed by atoms with E-state index in [0.29, 0.717) is 18.3 Å². The number of rotatable bonds is 7. The fourth-order valence-corrected chi connectivity index (χ4v) is 3.46. The standard InChI is InChI=1S/C17H27N3O3/c1-13-10-16(21)20(17(22)18-13)8-7-19(11-14-4-2-5-14)12-15-6-3-9-23-15/h10,14-15H,2-9,11-12H2,1H3,(H,18,22)/t15-/m0/s1.